The lowest BCUT2D eigenvalue weighted by atomic mass is 10.1. The van der Waals surface area contributed by atoms with Gasteiger partial charge in [-0.05, 0) is 44.9 Å². The standard InChI is InChI=1S/C12H21N3O/c1-9(8-13)4-7-12(16)14-15-10(2)5-6-11(15)3/h5-6,9H,4,7-8,13H2,1-3H3,(H,14,16). The molecule has 1 rings (SSSR count). The van der Waals surface area contributed by atoms with E-state index in [2.05, 4.69) is 12.3 Å². The fourth-order valence-corrected chi connectivity index (χ4v) is 1.52. The molecule has 4 heteroatoms. The number of rotatable bonds is 5. The van der Waals surface area contributed by atoms with E-state index in [1.165, 1.54) is 0 Å². The van der Waals surface area contributed by atoms with Gasteiger partial charge in [-0.2, -0.15) is 0 Å². The molecule has 0 spiro atoms. The van der Waals surface area contributed by atoms with Crippen molar-refractivity contribution in [3.63, 3.8) is 0 Å². The molecule has 0 aliphatic rings. The molecular formula is C12H21N3O. The van der Waals surface area contributed by atoms with E-state index in [1.54, 1.807) is 0 Å². The number of hydrogen-bond donors (Lipinski definition) is 2. The van der Waals surface area contributed by atoms with E-state index in [0.29, 0.717) is 18.9 Å². The minimum atomic E-state index is 0.0442. The van der Waals surface area contributed by atoms with Gasteiger partial charge in [-0.3, -0.25) is 14.9 Å². The molecule has 0 saturated heterocycles. The first-order valence-corrected chi connectivity index (χ1v) is 5.69. The van der Waals surface area contributed by atoms with Crippen LogP contribution < -0.4 is 11.2 Å². The van der Waals surface area contributed by atoms with Gasteiger partial charge in [0.15, 0.2) is 0 Å². The average Bonchev–Trinajstić information content (AvgIpc) is 2.57. The van der Waals surface area contributed by atoms with E-state index in [-0.39, 0.29) is 5.91 Å². The normalized spacial score (nSPS) is 12.5. The minimum Gasteiger partial charge on any atom is -0.330 e. The number of amides is 1. The van der Waals surface area contributed by atoms with E-state index in [9.17, 15) is 4.79 Å². The molecule has 1 atom stereocenters. The molecule has 0 fully saturated rings. The predicted molar refractivity (Wildman–Crippen MR) is 65.7 cm³/mol. The van der Waals surface area contributed by atoms with Crippen LogP contribution in [-0.4, -0.2) is 17.1 Å². The van der Waals surface area contributed by atoms with Crippen molar-refractivity contribution in [2.24, 2.45) is 11.7 Å². The summed E-state index contributed by atoms with van der Waals surface area (Å²) in [5.74, 6) is 0.445. The van der Waals surface area contributed by atoms with Crippen molar-refractivity contribution in [3.05, 3.63) is 23.5 Å². The fourth-order valence-electron chi connectivity index (χ4n) is 1.52. The number of nitrogens with two attached hydrogens (primary N) is 1. The van der Waals surface area contributed by atoms with Crippen LogP contribution in [0.15, 0.2) is 12.1 Å². The molecule has 1 heterocycles. The third-order valence-electron chi connectivity index (χ3n) is 2.77. The molecule has 1 aromatic heterocycles. The largest absolute Gasteiger partial charge is 0.330 e. The van der Waals surface area contributed by atoms with Crippen LogP contribution >= 0.6 is 0 Å². The van der Waals surface area contributed by atoms with Crippen molar-refractivity contribution in [3.8, 4) is 0 Å². The zero-order valence-corrected chi connectivity index (χ0v) is 10.3. The molecule has 0 aliphatic carbocycles. The molecule has 4 nitrogen and oxygen atoms in total. The Morgan fingerprint density at radius 3 is 2.50 bits per heavy atom. The summed E-state index contributed by atoms with van der Waals surface area (Å²) in [6.07, 6.45) is 1.36. The zero-order valence-electron chi connectivity index (χ0n) is 10.3. The molecule has 0 saturated carbocycles. The number of aryl methyl sites for hydroxylation is 2. The van der Waals surface area contributed by atoms with Gasteiger partial charge in [-0.1, -0.05) is 6.92 Å². The highest BCUT2D eigenvalue weighted by atomic mass is 16.2. The summed E-state index contributed by atoms with van der Waals surface area (Å²) in [5.41, 5.74) is 10.5. The Morgan fingerprint density at radius 1 is 1.44 bits per heavy atom. The molecular weight excluding hydrogens is 202 g/mol. The molecule has 16 heavy (non-hydrogen) atoms. The van der Waals surface area contributed by atoms with Crippen molar-refractivity contribution in [2.45, 2.75) is 33.6 Å². The maximum absolute atomic E-state index is 11.7. The topological polar surface area (TPSA) is 60.0 Å². The van der Waals surface area contributed by atoms with Crippen LogP contribution in [0.2, 0.25) is 0 Å². The number of carbonyl (C=O) groups excluding carboxylic acids is 1. The first kappa shape index (κ1) is 12.8. The number of aromatic nitrogens is 1. The molecule has 0 bridgehead atoms. The van der Waals surface area contributed by atoms with Gasteiger partial charge >= 0.3 is 0 Å². The van der Waals surface area contributed by atoms with Gasteiger partial charge < -0.3 is 5.73 Å². The summed E-state index contributed by atoms with van der Waals surface area (Å²) in [7, 11) is 0. The summed E-state index contributed by atoms with van der Waals surface area (Å²) in [4.78, 5) is 11.7. The smallest absolute Gasteiger partial charge is 0.238 e. The Labute approximate surface area is 96.8 Å². The average molecular weight is 223 g/mol. The molecule has 0 radical (unpaired) electrons. The number of carbonyl (C=O) groups is 1. The maximum atomic E-state index is 11.7. The number of hydrogen-bond acceptors (Lipinski definition) is 2. The van der Waals surface area contributed by atoms with E-state index >= 15 is 0 Å². The summed E-state index contributed by atoms with van der Waals surface area (Å²) in [6.45, 7) is 6.62. The van der Waals surface area contributed by atoms with Crippen LogP contribution in [0, 0.1) is 19.8 Å². The molecule has 1 amide bonds. The van der Waals surface area contributed by atoms with Gasteiger partial charge in [0, 0.05) is 17.8 Å². The van der Waals surface area contributed by atoms with Crippen molar-refractivity contribution in [1.29, 1.82) is 0 Å². The molecule has 1 aromatic rings. The Kier molecular flexibility index (Phi) is 4.55. The van der Waals surface area contributed by atoms with E-state index in [4.69, 9.17) is 5.73 Å². The Morgan fingerprint density at radius 2 is 2.00 bits per heavy atom. The van der Waals surface area contributed by atoms with Gasteiger partial charge in [0.05, 0.1) is 0 Å². The first-order chi connectivity index (χ1) is 7.54. The van der Waals surface area contributed by atoms with Crippen LogP contribution in [-0.2, 0) is 4.79 Å². The predicted octanol–water partition coefficient (Wildman–Crippen LogP) is 1.55. The van der Waals surface area contributed by atoms with Crippen LogP contribution in [0.3, 0.4) is 0 Å². The lowest BCUT2D eigenvalue weighted by Crippen LogP contribution is -2.25. The van der Waals surface area contributed by atoms with Gasteiger partial charge in [0.1, 0.15) is 0 Å². The number of nitrogens with zero attached hydrogens (tertiary/aromatic N) is 1. The lowest BCUT2D eigenvalue weighted by Gasteiger charge is -2.12. The molecule has 90 valence electrons. The number of nitrogens with one attached hydrogen (secondary N) is 1. The van der Waals surface area contributed by atoms with Crippen LogP contribution in [0.25, 0.3) is 0 Å². The van der Waals surface area contributed by atoms with Crippen LogP contribution in [0.5, 0.6) is 0 Å². The fraction of sp³-hybridized carbons (Fsp3) is 0.583. The van der Waals surface area contributed by atoms with Crippen molar-refractivity contribution >= 4 is 5.91 Å². The van der Waals surface area contributed by atoms with Gasteiger partial charge in [-0.15, -0.1) is 0 Å². The third-order valence-corrected chi connectivity index (χ3v) is 2.77. The molecule has 0 aliphatic heterocycles. The molecule has 0 aromatic carbocycles. The maximum Gasteiger partial charge on any atom is 0.238 e. The summed E-state index contributed by atoms with van der Waals surface area (Å²) in [6, 6.07) is 3.97. The highest BCUT2D eigenvalue weighted by molar-refractivity contribution is 5.83. The Bertz CT molecular complexity index is 338. The second-order valence-electron chi connectivity index (χ2n) is 4.37. The van der Waals surface area contributed by atoms with Gasteiger partial charge in [0.25, 0.3) is 0 Å². The zero-order chi connectivity index (χ0) is 12.1. The van der Waals surface area contributed by atoms with Crippen molar-refractivity contribution < 1.29 is 4.79 Å². The first-order valence-electron chi connectivity index (χ1n) is 5.69. The Hall–Kier alpha value is -1.29. The third kappa shape index (κ3) is 3.38. The van der Waals surface area contributed by atoms with E-state index in [0.717, 1.165) is 17.8 Å². The summed E-state index contributed by atoms with van der Waals surface area (Å²) in [5, 5.41) is 0. The van der Waals surface area contributed by atoms with Gasteiger partial charge in [0.2, 0.25) is 5.91 Å². The van der Waals surface area contributed by atoms with Crippen LogP contribution in [0.1, 0.15) is 31.2 Å². The summed E-state index contributed by atoms with van der Waals surface area (Å²) < 4.78 is 1.81. The Balaban J connectivity index is 2.46. The molecule has 3 N–H and O–H groups in total. The van der Waals surface area contributed by atoms with Crippen LogP contribution in [0.4, 0.5) is 0 Å². The highest BCUT2D eigenvalue weighted by Gasteiger charge is 2.07. The van der Waals surface area contributed by atoms with Crippen molar-refractivity contribution in [1.82, 2.24) is 4.68 Å². The minimum absolute atomic E-state index is 0.0442. The lowest BCUT2D eigenvalue weighted by molar-refractivity contribution is -0.117. The van der Waals surface area contributed by atoms with E-state index in [1.807, 2.05) is 30.7 Å². The molecule has 1 unspecified atom stereocenters. The summed E-state index contributed by atoms with van der Waals surface area (Å²) >= 11 is 0. The van der Waals surface area contributed by atoms with Crippen molar-refractivity contribution in [2.75, 3.05) is 12.0 Å². The quantitative estimate of drug-likeness (QED) is 0.795. The SMILES string of the molecule is Cc1ccc(C)n1NC(=O)CCC(C)CN. The van der Waals surface area contributed by atoms with E-state index < -0.39 is 0 Å². The highest BCUT2D eigenvalue weighted by Crippen LogP contribution is 2.06. The second-order valence-corrected chi connectivity index (χ2v) is 4.37. The second kappa shape index (κ2) is 5.70. The van der Waals surface area contributed by atoms with Gasteiger partial charge in [-0.25, -0.2) is 0 Å². The monoisotopic (exact) mass is 223 g/mol.